The Hall–Kier alpha value is -2.06. The molecule has 0 saturated heterocycles. The molecule has 0 amide bonds. The van der Waals surface area contributed by atoms with E-state index in [2.05, 4.69) is 14.8 Å². The summed E-state index contributed by atoms with van der Waals surface area (Å²) < 4.78 is 46.4. The maximum Gasteiger partial charge on any atom is 0.455 e. The molecule has 21 heavy (non-hydrogen) atoms. The molecule has 0 unspecified atom stereocenters. The second-order valence-corrected chi connectivity index (χ2v) is 4.34. The Bertz CT molecular complexity index is 480. The van der Waals surface area contributed by atoms with E-state index in [1.165, 1.54) is 0 Å². The maximum absolute atomic E-state index is 12.6. The van der Waals surface area contributed by atoms with Crippen LogP contribution in [-0.4, -0.2) is 44.2 Å². The van der Waals surface area contributed by atoms with Crippen LogP contribution in [0, 0.1) is 0 Å². The molecular formula is C12H14F3NO5. The first-order valence-electron chi connectivity index (χ1n) is 5.97. The highest BCUT2D eigenvalue weighted by atomic mass is 19.4. The van der Waals surface area contributed by atoms with Gasteiger partial charge in [0.15, 0.2) is 0 Å². The molecule has 1 aliphatic rings. The molecule has 118 valence electrons. The lowest BCUT2D eigenvalue weighted by Crippen LogP contribution is -2.34. The molecule has 1 aliphatic carbocycles. The second-order valence-electron chi connectivity index (χ2n) is 4.34. The highest BCUT2D eigenvalue weighted by Crippen LogP contribution is 2.27. The smallest absolute Gasteiger partial charge is 0.455 e. The van der Waals surface area contributed by atoms with Gasteiger partial charge in [0.05, 0.1) is 20.6 Å². The van der Waals surface area contributed by atoms with Gasteiger partial charge >= 0.3 is 18.1 Å². The summed E-state index contributed by atoms with van der Waals surface area (Å²) in [5, 5.41) is 2.58. The average Bonchev–Trinajstić information content (AvgIpc) is 3.21. The van der Waals surface area contributed by atoms with E-state index < -0.39 is 41.6 Å². The molecule has 1 saturated carbocycles. The third kappa shape index (κ3) is 4.76. The van der Waals surface area contributed by atoms with Crippen molar-refractivity contribution >= 4 is 17.7 Å². The molecule has 0 radical (unpaired) electrons. The van der Waals surface area contributed by atoms with Crippen LogP contribution in [0.5, 0.6) is 0 Å². The van der Waals surface area contributed by atoms with Gasteiger partial charge in [0.2, 0.25) is 0 Å². The fourth-order valence-corrected chi connectivity index (χ4v) is 1.50. The molecule has 0 aromatic rings. The van der Waals surface area contributed by atoms with Gasteiger partial charge in [-0.2, -0.15) is 13.2 Å². The number of rotatable bonds is 6. The van der Waals surface area contributed by atoms with Crippen LogP contribution in [0.25, 0.3) is 0 Å². The van der Waals surface area contributed by atoms with E-state index >= 15 is 0 Å². The van der Waals surface area contributed by atoms with Gasteiger partial charge in [-0.3, -0.25) is 9.59 Å². The number of alkyl halides is 3. The van der Waals surface area contributed by atoms with Crippen LogP contribution in [0.4, 0.5) is 13.2 Å². The van der Waals surface area contributed by atoms with Crippen molar-refractivity contribution in [3.05, 3.63) is 11.3 Å². The van der Waals surface area contributed by atoms with E-state index in [0.717, 1.165) is 14.2 Å². The van der Waals surface area contributed by atoms with Gasteiger partial charge in [-0.25, -0.2) is 4.79 Å². The van der Waals surface area contributed by atoms with Crippen molar-refractivity contribution in [2.45, 2.75) is 31.5 Å². The van der Waals surface area contributed by atoms with Crippen LogP contribution in [0.15, 0.2) is 11.3 Å². The zero-order valence-electron chi connectivity index (χ0n) is 11.4. The van der Waals surface area contributed by atoms with Crippen LogP contribution in [-0.2, 0) is 23.9 Å². The first-order chi connectivity index (χ1) is 9.70. The fraction of sp³-hybridized carbons (Fsp3) is 0.583. The summed E-state index contributed by atoms with van der Waals surface area (Å²) in [4.78, 5) is 34.2. The molecule has 6 nitrogen and oxygen atoms in total. The average molecular weight is 309 g/mol. The number of ketones is 1. The third-order valence-corrected chi connectivity index (χ3v) is 2.68. The van der Waals surface area contributed by atoms with E-state index in [9.17, 15) is 27.6 Å². The minimum atomic E-state index is -5.25. The molecular weight excluding hydrogens is 295 g/mol. The molecule has 0 heterocycles. The van der Waals surface area contributed by atoms with E-state index in [-0.39, 0.29) is 6.04 Å². The van der Waals surface area contributed by atoms with Gasteiger partial charge < -0.3 is 14.8 Å². The van der Waals surface area contributed by atoms with Crippen molar-refractivity contribution < 1.29 is 37.0 Å². The van der Waals surface area contributed by atoms with Crippen LogP contribution in [0.3, 0.4) is 0 Å². The van der Waals surface area contributed by atoms with Crippen molar-refractivity contribution in [2.24, 2.45) is 0 Å². The molecule has 0 bridgehead atoms. The van der Waals surface area contributed by atoms with Gasteiger partial charge in [0.25, 0.3) is 5.78 Å². The summed E-state index contributed by atoms with van der Waals surface area (Å²) in [6, 6.07) is -0.176. The van der Waals surface area contributed by atoms with E-state index in [4.69, 9.17) is 0 Å². The lowest BCUT2D eigenvalue weighted by molar-refractivity contribution is -0.168. The van der Waals surface area contributed by atoms with Crippen LogP contribution >= 0.6 is 0 Å². The Morgan fingerprint density at radius 2 is 1.71 bits per heavy atom. The Kier molecular flexibility index (Phi) is 5.34. The molecule has 0 aromatic heterocycles. The zero-order valence-corrected chi connectivity index (χ0v) is 11.4. The highest BCUT2D eigenvalue weighted by molar-refractivity contribution is 6.20. The van der Waals surface area contributed by atoms with E-state index in [1.807, 2.05) is 0 Å². The minimum absolute atomic E-state index is 0.176. The monoisotopic (exact) mass is 309 g/mol. The SMILES string of the molecule is COC(=O)CC(NC1CC1)=C(C(=O)OC)C(=O)C(F)(F)F. The van der Waals surface area contributed by atoms with Crippen LogP contribution in [0.2, 0.25) is 0 Å². The predicted octanol–water partition coefficient (Wildman–Crippen LogP) is 0.860. The second kappa shape index (κ2) is 6.59. The Morgan fingerprint density at radius 1 is 1.14 bits per heavy atom. The summed E-state index contributed by atoms with van der Waals surface area (Å²) >= 11 is 0. The number of hydrogen-bond acceptors (Lipinski definition) is 6. The lowest BCUT2D eigenvalue weighted by Gasteiger charge is -2.15. The maximum atomic E-state index is 12.6. The van der Waals surface area contributed by atoms with Crippen molar-refractivity contribution in [1.29, 1.82) is 0 Å². The Balaban J connectivity index is 3.24. The molecule has 0 aromatic carbocycles. The molecule has 0 aliphatic heterocycles. The van der Waals surface area contributed by atoms with Gasteiger partial charge in [0, 0.05) is 11.7 Å². The number of ether oxygens (including phenoxy) is 2. The fourth-order valence-electron chi connectivity index (χ4n) is 1.50. The molecule has 1 rings (SSSR count). The molecule has 9 heteroatoms. The summed E-state index contributed by atoms with van der Waals surface area (Å²) in [6.07, 6.45) is -4.58. The minimum Gasteiger partial charge on any atom is -0.469 e. The summed E-state index contributed by atoms with van der Waals surface area (Å²) in [7, 11) is 1.89. The van der Waals surface area contributed by atoms with Crippen LogP contribution in [0.1, 0.15) is 19.3 Å². The number of methoxy groups -OCH3 is 2. The Morgan fingerprint density at radius 3 is 2.10 bits per heavy atom. The normalized spacial score (nSPS) is 15.9. The first kappa shape index (κ1) is 17.0. The zero-order chi connectivity index (χ0) is 16.2. The van der Waals surface area contributed by atoms with Crippen LogP contribution < -0.4 is 5.32 Å². The molecule has 0 atom stereocenters. The van der Waals surface area contributed by atoms with Gasteiger partial charge in [-0.15, -0.1) is 0 Å². The summed E-state index contributed by atoms with van der Waals surface area (Å²) in [5.74, 6) is -4.69. The van der Waals surface area contributed by atoms with Crippen molar-refractivity contribution in [1.82, 2.24) is 5.32 Å². The van der Waals surface area contributed by atoms with Crippen molar-refractivity contribution in [3.8, 4) is 0 Å². The summed E-state index contributed by atoms with van der Waals surface area (Å²) in [6.45, 7) is 0. The first-order valence-corrected chi connectivity index (χ1v) is 5.97. The predicted molar refractivity (Wildman–Crippen MR) is 62.9 cm³/mol. The number of Topliss-reactive ketones (excluding diaryl/α,β-unsaturated/α-hetero) is 1. The topological polar surface area (TPSA) is 81.7 Å². The number of carbonyl (C=O) groups excluding carboxylic acids is 3. The Labute approximate surface area is 118 Å². The lowest BCUT2D eigenvalue weighted by atomic mass is 10.1. The van der Waals surface area contributed by atoms with Crippen molar-refractivity contribution in [3.63, 3.8) is 0 Å². The quantitative estimate of drug-likeness (QED) is 0.339. The molecule has 1 fully saturated rings. The standard InChI is InChI=1S/C12H14F3NO5/c1-20-8(17)5-7(16-6-3-4-6)9(11(19)21-2)10(18)12(13,14)15/h6,16H,3-5H2,1-2H3. The molecule has 1 N–H and O–H groups in total. The van der Waals surface area contributed by atoms with Crippen molar-refractivity contribution in [2.75, 3.05) is 14.2 Å². The van der Waals surface area contributed by atoms with Gasteiger partial charge in [-0.1, -0.05) is 0 Å². The summed E-state index contributed by atoms with van der Waals surface area (Å²) in [5.41, 5.74) is -1.65. The number of hydrogen-bond donors (Lipinski definition) is 1. The number of carbonyl (C=O) groups is 3. The number of esters is 2. The van der Waals surface area contributed by atoms with Gasteiger partial charge in [0.1, 0.15) is 5.57 Å². The number of halogens is 3. The van der Waals surface area contributed by atoms with E-state index in [1.54, 1.807) is 0 Å². The largest absolute Gasteiger partial charge is 0.469 e. The number of nitrogens with one attached hydrogen (secondary N) is 1. The van der Waals surface area contributed by atoms with E-state index in [0.29, 0.717) is 12.8 Å². The highest BCUT2D eigenvalue weighted by Gasteiger charge is 2.45. The molecule has 0 spiro atoms. The van der Waals surface area contributed by atoms with Gasteiger partial charge in [-0.05, 0) is 12.8 Å². The third-order valence-electron chi connectivity index (χ3n) is 2.68.